The average Bonchev–Trinajstić information content (AvgIpc) is 2.72. The van der Waals surface area contributed by atoms with E-state index in [-0.39, 0.29) is 5.56 Å². The standard InChI is InChI=1S/C13H19N3O4S/c1-13(2)5-7-8(6-20-13)21-10(9(7)11(17)18)16-12(19)15-4-3-14/h3-6,14H2,1-2H3,(H,17,18)(H2,15,16,19). The molecule has 21 heavy (non-hydrogen) atoms. The predicted octanol–water partition coefficient (Wildman–Crippen LogP) is 1.38. The van der Waals surface area contributed by atoms with Gasteiger partial charge in [0, 0.05) is 24.4 Å². The summed E-state index contributed by atoms with van der Waals surface area (Å²) in [6.07, 6.45) is 0.507. The van der Waals surface area contributed by atoms with E-state index in [0.29, 0.717) is 31.1 Å². The van der Waals surface area contributed by atoms with E-state index in [1.807, 2.05) is 13.8 Å². The molecule has 1 aromatic heterocycles. The van der Waals surface area contributed by atoms with Gasteiger partial charge < -0.3 is 20.9 Å². The van der Waals surface area contributed by atoms with E-state index in [0.717, 1.165) is 10.4 Å². The Hall–Kier alpha value is -1.64. The predicted molar refractivity (Wildman–Crippen MR) is 79.9 cm³/mol. The van der Waals surface area contributed by atoms with Crippen LogP contribution in [-0.2, 0) is 17.8 Å². The highest BCUT2D eigenvalue weighted by atomic mass is 32.1. The fraction of sp³-hybridized carbons (Fsp3) is 0.538. The van der Waals surface area contributed by atoms with E-state index in [1.54, 1.807) is 0 Å². The van der Waals surface area contributed by atoms with Crippen molar-refractivity contribution in [3.63, 3.8) is 0 Å². The first-order valence-electron chi connectivity index (χ1n) is 6.61. The zero-order valence-corrected chi connectivity index (χ0v) is 12.8. The van der Waals surface area contributed by atoms with E-state index in [2.05, 4.69) is 10.6 Å². The molecule has 1 aliphatic heterocycles. The first kappa shape index (κ1) is 15.7. The van der Waals surface area contributed by atoms with Crippen molar-refractivity contribution in [3.8, 4) is 0 Å². The highest BCUT2D eigenvalue weighted by Crippen LogP contribution is 2.40. The molecule has 0 saturated heterocycles. The van der Waals surface area contributed by atoms with Gasteiger partial charge in [-0.2, -0.15) is 0 Å². The fourth-order valence-corrected chi connectivity index (χ4v) is 3.32. The van der Waals surface area contributed by atoms with Crippen molar-refractivity contribution in [1.29, 1.82) is 0 Å². The van der Waals surface area contributed by atoms with Crippen molar-refractivity contribution in [2.45, 2.75) is 32.5 Å². The van der Waals surface area contributed by atoms with Gasteiger partial charge in [-0.15, -0.1) is 11.3 Å². The van der Waals surface area contributed by atoms with Crippen LogP contribution in [0.15, 0.2) is 0 Å². The molecule has 7 nitrogen and oxygen atoms in total. The SMILES string of the molecule is CC1(C)Cc2c(sc(NC(=O)NCCN)c2C(=O)O)CO1. The second-order valence-electron chi connectivity index (χ2n) is 5.41. The van der Waals surface area contributed by atoms with Crippen LogP contribution in [-0.4, -0.2) is 35.8 Å². The van der Waals surface area contributed by atoms with Crippen molar-refractivity contribution in [2.24, 2.45) is 5.73 Å². The van der Waals surface area contributed by atoms with Gasteiger partial charge in [0.15, 0.2) is 0 Å². The highest BCUT2D eigenvalue weighted by molar-refractivity contribution is 7.17. The molecule has 2 amide bonds. The summed E-state index contributed by atoms with van der Waals surface area (Å²) in [5.74, 6) is -1.04. The van der Waals surface area contributed by atoms with Crippen LogP contribution in [0.2, 0.25) is 0 Å². The number of nitrogens with one attached hydrogen (secondary N) is 2. The molecule has 2 heterocycles. The van der Waals surface area contributed by atoms with Crippen LogP contribution >= 0.6 is 11.3 Å². The molecule has 0 spiro atoms. The Kier molecular flexibility index (Phi) is 4.50. The van der Waals surface area contributed by atoms with Gasteiger partial charge in [0.1, 0.15) is 5.00 Å². The summed E-state index contributed by atoms with van der Waals surface area (Å²) in [4.78, 5) is 24.1. The molecular weight excluding hydrogens is 294 g/mol. The van der Waals surface area contributed by atoms with Crippen molar-refractivity contribution in [2.75, 3.05) is 18.4 Å². The molecule has 0 fully saturated rings. The average molecular weight is 313 g/mol. The Morgan fingerprint density at radius 3 is 2.81 bits per heavy atom. The number of aromatic carboxylic acids is 1. The first-order valence-corrected chi connectivity index (χ1v) is 7.42. The summed E-state index contributed by atoms with van der Waals surface area (Å²) in [6, 6.07) is -0.457. The molecule has 0 saturated carbocycles. The normalized spacial score (nSPS) is 16.1. The second-order valence-corrected chi connectivity index (χ2v) is 6.51. The maximum atomic E-state index is 11.7. The van der Waals surface area contributed by atoms with Gasteiger partial charge in [-0.05, 0) is 19.4 Å². The molecule has 0 unspecified atom stereocenters. The van der Waals surface area contributed by atoms with E-state index in [9.17, 15) is 14.7 Å². The molecule has 1 aromatic rings. The lowest BCUT2D eigenvalue weighted by atomic mass is 9.93. The Bertz CT molecular complexity index is 568. The lowest BCUT2D eigenvalue weighted by molar-refractivity contribution is -0.0384. The first-order chi connectivity index (χ1) is 9.84. The maximum Gasteiger partial charge on any atom is 0.339 e. The minimum atomic E-state index is -1.04. The van der Waals surface area contributed by atoms with Crippen molar-refractivity contribution < 1.29 is 19.4 Å². The second kappa shape index (κ2) is 6.00. The van der Waals surface area contributed by atoms with E-state index in [1.165, 1.54) is 11.3 Å². The number of rotatable bonds is 4. The molecule has 0 atom stereocenters. The van der Waals surface area contributed by atoms with Gasteiger partial charge in [0.25, 0.3) is 0 Å². The van der Waals surface area contributed by atoms with Gasteiger partial charge in [-0.3, -0.25) is 5.32 Å². The summed E-state index contributed by atoms with van der Waals surface area (Å²) in [5, 5.41) is 14.9. The molecule has 0 aliphatic carbocycles. The van der Waals surface area contributed by atoms with Crippen LogP contribution in [0.4, 0.5) is 9.80 Å². The lowest BCUT2D eigenvalue weighted by Crippen LogP contribution is -2.33. The molecule has 0 radical (unpaired) electrons. The third-order valence-corrected chi connectivity index (χ3v) is 4.28. The number of carbonyl (C=O) groups excluding carboxylic acids is 1. The smallest absolute Gasteiger partial charge is 0.339 e. The van der Waals surface area contributed by atoms with Crippen LogP contribution < -0.4 is 16.4 Å². The molecule has 0 aromatic carbocycles. The van der Waals surface area contributed by atoms with Gasteiger partial charge in [-0.1, -0.05) is 0 Å². The van der Waals surface area contributed by atoms with E-state index >= 15 is 0 Å². The molecule has 2 rings (SSSR count). The number of urea groups is 1. The quantitative estimate of drug-likeness (QED) is 0.670. The van der Waals surface area contributed by atoms with Crippen LogP contribution in [0.1, 0.15) is 34.6 Å². The van der Waals surface area contributed by atoms with Crippen LogP contribution in [0.5, 0.6) is 0 Å². The molecule has 5 N–H and O–H groups in total. The summed E-state index contributed by atoms with van der Waals surface area (Å²) < 4.78 is 5.68. The Morgan fingerprint density at radius 2 is 2.19 bits per heavy atom. The number of nitrogens with two attached hydrogens (primary N) is 1. The van der Waals surface area contributed by atoms with Gasteiger partial charge in [0.05, 0.1) is 17.8 Å². The topological polar surface area (TPSA) is 114 Å². The summed E-state index contributed by atoms with van der Waals surface area (Å²) in [6.45, 7) is 4.84. The Morgan fingerprint density at radius 1 is 1.48 bits per heavy atom. The van der Waals surface area contributed by atoms with Crippen LogP contribution in [0.3, 0.4) is 0 Å². The van der Waals surface area contributed by atoms with Crippen molar-refractivity contribution in [3.05, 3.63) is 16.0 Å². The molecule has 116 valence electrons. The number of hydrogen-bond donors (Lipinski definition) is 4. The minimum absolute atomic E-state index is 0.161. The number of carboxylic acids is 1. The van der Waals surface area contributed by atoms with Gasteiger partial charge in [-0.25, -0.2) is 9.59 Å². The Labute approximate surface area is 126 Å². The number of fused-ring (bicyclic) bond motifs is 1. The molecule has 1 aliphatic rings. The zero-order valence-electron chi connectivity index (χ0n) is 12.0. The molecule has 0 bridgehead atoms. The van der Waals surface area contributed by atoms with E-state index < -0.39 is 17.6 Å². The number of amides is 2. The largest absolute Gasteiger partial charge is 0.478 e. The summed E-state index contributed by atoms with van der Waals surface area (Å²) in [7, 11) is 0. The van der Waals surface area contributed by atoms with Crippen molar-refractivity contribution >= 4 is 28.3 Å². The highest BCUT2D eigenvalue weighted by Gasteiger charge is 2.33. The van der Waals surface area contributed by atoms with Crippen LogP contribution in [0, 0.1) is 0 Å². The third-order valence-electron chi connectivity index (χ3n) is 3.16. The molecular formula is C13H19N3O4S. The number of anilines is 1. The minimum Gasteiger partial charge on any atom is -0.478 e. The number of hydrogen-bond acceptors (Lipinski definition) is 5. The van der Waals surface area contributed by atoms with Gasteiger partial charge >= 0.3 is 12.0 Å². The zero-order chi connectivity index (χ0) is 15.6. The number of carboxylic acid groups (broad SMARTS) is 1. The number of carbonyl (C=O) groups is 2. The monoisotopic (exact) mass is 313 g/mol. The van der Waals surface area contributed by atoms with Crippen molar-refractivity contribution in [1.82, 2.24) is 5.32 Å². The Balaban J connectivity index is 2.28. The number of thiophene rings is 1. The van der Waals surface area contributed by atoms with Crippen LogP contribution in [0.25, 0.3) is 0 Å². The number of ether oxygens (including phenoxy) is 1. The maximum absolute atomic E-state index is 11.7. The van der Waals surface area contributed by atoms with E-state index in [4.69, 9.17) is 10.5 Å². The fourth-order valence-electron chi connectivity index (χ4n) is 2.20. The molecule has 8 heteroatoms. The third kappa shape index (κ3) is 3.52. The summed E-state index contributed by atoms with van der Waals surface area (Å²) in [5.41, 5.74) is 5.81. The lowest BCUT2D eigenvalue weighted by Gasteiger charge is -2.30. The van der Waals surface area contributed by atoms with Gasteiger partial charge in [0.2, 0.25) is 0 Å². The summed E-state index contributed by atoms with van der Waals surface area (Å²) >= 11 is 1.24.